The van der Waals surface area contributed by atoms with Gasteiger partial charge in [-0.1, -0.05) is 60.7 Å². The quantitative estimate of drug-likeness (QED) is 0.425. The summed E-state index contributed by atoms with van der Waals surface area (Å²) < 4.78 is 46.4. The van der Waals surface area contributed by atoms with Crippen LogP contribution in [-0.4, -0.2) is 34.8 Å². The Hall–Kier alpha value is -3.32. The number of benzene rings is 3. The van der Waals surface area contributed by atoms with E-state index in [0.717, 1.165) is 28.3 Å². The van der Waals surface area contributed by atoms with Gasteiger partial charge in [0, 0.05) is 30.8 Å². The highest BCUT2D eigenvalue weighted by atomic mass is 19.4. The SMILES string of the molecule is Cc1ccc(C2(O)CC3CCC(C2)N3C(=O)OCC2c3ccccc3-c3ccccc32)cc1C(F)(F)F. The number of alkyl halides is 3. The minimum Gasteiger partial charge on any atom is -0.448 e. The number of rotatable bonds is 3. The fraction of sp³-hybridized carbons (Fsp3) is 0.367. The van der Waals surface area contributed by atoms with Gasteiger partial charge >= 0.3 is 12.3 Å². The molecule has 7 heteroatoms. The Kier molecular flexibility index (Phi) is 5.60. The summed E-state index contributed by atoms with van der Waals surface area (Å²) in [7, 11) is 0. The van der Waals surface area contributed by atoms with Crippen LogP contribution in [0.2, 0.25) is 0 Å². The van der Waals surface area contributed by atoms with Crippen LogP contribution < -0.4 is 0 Å². The van der Waals surface area contributed by atoms with Crippen LogP contribution in [-0.2, 0) is 16.5 Å². The van der Waals surface area contributed by atoms with E-state index in [1.54, 1.807) is 11.0 Å². The normalized spacial score (nSPS) is 24.6. The number of aryl methyl sites for hydroxylation is 1. The number of hydrogen-bond acceptors (Lipinski definition) is 3. The summed E-state index contributed by atoms with van der Waals surface area (Å²) in [4.78, 5) is 15.0. The Bertz CT molecular complexity index is 1310. The highest BCUT2D eigenvalue weighted by molar-refractivity contribution is 5.79. The van der Waals surface area contributed by atoms with Gasteiger partial charge in [0.2, 0.25) is 0 Å². The average Bonchev–Trinajstić information content (AvgIpc) is 3.34. The van der Waals surface area contributed by atoms with Crippen molar-refractivity contribution in [1.82, 2.24) is 4.90 Å². The number of aliphatic hydroxyl groups is 1. The third kappa shape index (κ3) is 4.00. The molecule has 1 amide bonds. The molecule has 3 aromatic rings. The molecule has 0 aromatic heterocycles. The number of piperidine rings is 1. The van der Waals surface area contributed by atoms with E-state index in [-0.39, 0.29) is 48.6 Å². The largest absolute Gasteiger partial charge is 0.448 e. The van der Waals surface area contributed by atoms with Gasteiger partial charge in [-0.3, -0.25) is 0 Å². The van der Waals surface area contributed by atoms with Crippen molar-refractivity contribution in [2.24, 2.45) is 0 Å². The molecule has 0 radical (unpaired) electrons. The van der Waals surface area contributed by atoms with E-state index in [4.69, 9.17) is 4.74 Å². The van der Waals surface area contributed by atoms with E-state index >= 15 is 0 Å². The number of fused-ring (bicyclic) bond motifs is 5. The lowest BCUT2D eigenvalue weighted by atomic mass is 9.79. The summed E-state index contributed by atoms with van der Waals surface area (Å²) in [5, 5.41) is 11.5. The zero-order valence-corrected chi connectivity index (χ0v) is 20.5. The van der Waals surface area contributed by atoms with Crippen LogP contribution in [0.4, 0.5) is 18.0 Å². The molecular formula is C30H28F3NO3. The minimum absolute atomic E-state index is 0.0518. The number of halogens is 3. The third-order valence-electron chi connectivity index (χ3n) is 8.39. The molecule has 1 N–H and O–H groups in total. The lowest BCUT2D eigenvalue weighted by Gasteiger charge is -2.43. The van der Waals surface area contributed by atoms with Gasteiger partial charge in [0.1, 0.15) is 6.61 Å². The van der Waals surface area contributed by atoms with Crippen LogP contribution >= 0.6 is 0 Å². The Balaban J connectivity index is 1.19. The predicted molar refractivity (Wildman–Crippen MR) is 133 cm³/mol. The molecule has 2 aliphatic heterocycles. The van der Waals surface area contributed by atoms with E-state index in [1.165, 1.54) is 13.0 Å². The van der Waals surface area contributed by atoms with Crippen molar-refractivity contribution in [3.63, 3.8) is 0 Å². The lowest BCUT2D eigenvalue weighted by Crippen LogP contribution is -2.52. The molecule has 2 saturated heterocycles. The highest BCUT2D eigenvalue weighted by Gasteiger charge is 2.51. The number of carbonyl (C=O) groups excluding carboxylic acids is 1. The summed E-state index contributed by atoms with van der Waals surface area (Å²) in [5.74, 6) is -0.0518. The maximum absolute atomic E-state index is 13.5. The molecule has 1 aliphatic carbocycles. The van der Waals surface area contributed by atoms with Crippen LogP contribution in [0.5, 0.6) is 0 Å². The van der Waals surface area contributed by atoms with Crippen molar-refractivity contribution < 1.29 is 27.8 Å². The highest BCUT2D eigenvalue weighted by Crippen LogP contribution is 2.48. The van der Waals surface area contributed by atoms with Crippen molar-refractivity contribution in [2.45, 2.75) is 62.4 Å². The number of ether oxygens (including phenoxy) is 1. The molecule has 2 heterocycles. The monoisotopic (exact) mass is 507 g/mol. The van der Waals surface area contributed by atoms with Crippen LogP contribution in [0.1, 0.15) is 59.4 Å². The number of hydrogen-bond donors (Lipinski definition) is 1. The van der Waals surface area contributed by atoms with Gasteiger partial charge in [-0.15, -0.1) is 0 Å². The van der Waals surface area contributed by atoms with Crippen molar-refractivity contribution in [2.75, 3.05) is 6.61 Å². The maximum Gasteiger partial charge on any atom is 0.416 e. The smallest absolute Gasteiger partial charge is 0.416 e. The standard InChI is InChI=1S/C30H28F3NO3/c1-18-10-11-19(14-27(18)30(31,32)33)29(36)15-20-12-13-21(16-29)34(20)28(35)37-17-26-24-8-4-2-6-22(24)23-7-3-5-9-25(23)26/h2-11,14,20-21,26,36H,12-13,15-17H2,1H3. The van der Waals surface area contributed by atoms with Gasteiger partial charge in [0.15, 0.2) is 0 Å². The molecule has 0 spiro atoms. The first-order valence-electron chi connectivity index (χ1n) is 12.7. The topological polar surface area (TPSA) is 49.8 Å². The molecular weight excluding hydrogens is 479 g/mol. The van der Waals surface area contributed by atoms with Crippen molar-refractivity contribution >= 4 is 6.09 Å². The molecule has 0 saturated carbocycles. The lowest BCUT2D eigenvalue weighted by molar-refractivity contribution is -0.138. The first-order chi connectivity index (χ1) is 17.7. The Morgan fingerprint density at radius 3 is 2.11 bits per heavy atom. The van der Waals surface area contributed by atoms with Crippen LogP contribution in [0.3, 0.4) is 0 Å². The Morgan fingerprint density at radius 1 is 0.973 bits per heavy atom. The molecule has 2 atom stereocenters. The molecule has 2 fully saturated rings. The first-order valence-corrected chi connectivity index (χ1v) is 12.7. The minimum atomic E-state index is -4.49. The maximum atomic E-state index is 13.5. The van der Waals surface area contributed by atoms with E-state index in [9.17, 15) is 23.1 Å². The zero-order valence-electron chi connectivity index (χ0n) is 20.5. The Morgan fingerprint density at radius 2 is 1.54 bits per heavy atom. The predicted octanol–water partition coefficient (Wildman–Crippen LogP) is 6.78. The summed E-state index contributed by atoms with van der Waals surface area (Å²) in [5.41, 5.74) is 2.80. The first kappa shape index (κ1) is 24.0. The average molecular weight is 508 g/mol. The third-order valence-corrected chi connectivity index (χ3v) is 8.39. The van der Waals surface area contributed by atoms with Gasteiger partial charge in [-0.2, -0.15) is 13.2 Å². The number of amides is 1. The van der Waals surface area contributed by atoms with Crippen molar-refractivity contribution in [1.29, 1.82) is 0 Å². The number of nitrogens with zero attached hydrogens (tertiary/aromatic N) is 1. The van der Waals surface area contributed by atoms with E-state index < -0.39 is 23.4 Å². The molecule has 2 unspecified atom stereocenters. The molecule has 3 aromatic carbocycles. The Labute approximate surface area is 213 Å². The van der Waals surface area contributed by atoms with Crippen molar-refractivity contribution in [3.05, 3.63) is 94.5 Å². The molecule has 6 rings (SSSR count). The van der Waals surface area contributed by atoms with E-state index in [1.807, 2.05) is 24.3 Å². The van der Waals surface area contributed by atoms with Gasteiger partial charge < -0.3 is 14.7 Å². The second kappa shape index (κ2) is 8.62. The van der Waals surface area contributed by atoms with E-state index in [0.29, 0.717) is 12.8 Å². The summed E-state index contributed by atoms with van der Waals surface area (Å²) >= 11 is 0. The fourth-order valence-corrected chi connectivity index (χ4v) is 6.64. The van der Waals surface area contributed by atoms with Gasteiger partial charge in [-0.25, -0.2) is 4.79 Å². The summed E-state index contributed by atoms with van der Waals surface area (Å²) in [6.45, 7) is 1.63. The fourth-order valence-electron chi connectivity index (χ4n) is 6.64. The second-order valence-electron chi connectivity index (χ2n) is 10.6. The second-order valence-corrected chi connectivity index (χ2v) is 10.6. The number of carbonyl (C=O) groups is 1. The summed E-state index contributed by atoms with van der Waals surface area (Å²) in [6, 6.07) is 19.8. The van der Waals surface area contributed by atoms with E-state index in [2.05, 4.69) is 24.3 Å². The van der Waals surface area contributed by atoms with Crippen LogP contribution in [0.15, 0.2) is 66.7 Å². The van der Waals surface area contributed by atoms with Gasteiger partial charge in [-0.05, 0) is 59.2 Å². The molecule has 2 bridgehead atoms. The van der Waals surface area contributed by atoms with Crippen LogP contribution in [0, 0.1) is 6.92 Å². The molecule has 192 valence electrons. The molecule has 4 nitrogen and oxygen atoms in total. The molecule has 3 aliphatic rings. The van der Waals surface area contributed by atoms with Crippen LogP contribution in [0.25, 0.3) is 11.1 Å². The van der Waals surface area contributed by atoms with Gasteiger partial charge in [0.05, 0.1) is 11.2 Å². The summed E-state index contributed by atoms with van der Waals surface area (Å²) in [6.07, 6.45) is -3.15. The van der Waals surface area contributed by atoms with Gasteiger partial charge in [0.25, 0.3) is 0 Å². The molecule has 37 heavy (non-hydrogen) atoms. The zero-order chi connectivity index (χ0) is 25.9. The van der Waals surface area contributed by atoms with Crippen molar-refractivity contribution in [3.8, 4) is 11.1 Å².